The van der Waals surface area contributed by atoms with Crippen LogP contribution in [0.25, 0.3) is 0 Å². The van der Waals surface area contributed by atoms with Crippen LogP contribution >= 0.6 is 24.8 Å². The SMILES string of the molecule is CC(C)Nc1ncccc1C(=O)N1C[C@@H](C(F)(F)F)[C@H](C(=O)O)C1.Cl.Cl. The molecule has 1 amide bonds. The number of aliphatic carboxylic acids is 1. The molecule has 1 fully saturated rings. The van der Waals surface area contributed by atoms with Crippen molar-refractivity contribution in [2.75, 3.05) is 18.4 Å². The standard InChI is InChI=1S/C15H18F3N3O3.2ClH/c1-8(2)20-12-9(4-3-5-19-12)13(22)21-6-10(14(23)24)11(7-21)15(16,17)18;;/h3-5,8,10-11H,6-7H2,1-2H3,(H,19,20)(H,23,24);2*1H/t10-,11-;;/m1../s1. The number of amides is 1. The van der Waals surface area contributed by atoms with E-state index in [1.165, 1.54) is 18.3 Å². The molecule has 2 N–H and O–H groups in total. The Morgan fingerprint density at radius 3 is 2.38 bits per heavy atom. The van der Waals surface area contributed by atoms with Gasteiger partial charge < -0.3 is 15.3 Å². The quantitative estimate of drug-likeness (QED) is 0.786. The lowest BCUT2D eigenvalue weighted by Gasteiger charge is -2.20. The number of halogens is 5. The highest BCUT2D eigenvalue weighted by atomic mass is 35.5. The van der Waals surface area contributed by atoms with E-state index < -0.39 is 43.0 Å². The van der Waals surface area contributed by atoms with Crippen LogP contribution < -0.4 is 5.32 Å². The zero-order valence-corrected chi connectivity index (χ0v) is 15.6. The second-order valence-electron chi connectivity index (χ2n) is 6.00. The molecule has 2 atom stereocenters. The van der Waals surface area contributed by atoms with Gasteiger partial charge in [0.1, 0.15) is 5.82 Å². The average Bonchev–Trinajstić information content (AvgIpc) is 2.92. The fourth-order valence-electron chi connectivity index (χ4n) is 2.69. The van der Waals surface area contributed by atoms with Crippen LogP contribution in [-0.2, 0) is 4.79 Å². The molecular weight excluding hydrogens is 398 g/mol. The molecule has 11 heteroatoms. The molecule has 2 rings (SSSR count). The number of likely N-dealkylation sites (tertiary alicyclic amines) is 1. The molecule has 0 unspecified atom stereocenters. The van der Waals surface area contributed by atoms with Crippen molar-refractivity contribution in [2.45, 2.75) is 26.1 Å². The van der Waals surface area contributed by atoms with Crippen LogP contribution in [0.3, 0.4) is 0 Å². The lowest BCUT2D eigenvalue weighted by atomic mass is 9.96. The number of carbonyl (C=O) groups excluding carboxylic acids is 1. The van der Waals surface area contributed by atoms with Gasteiger partial charge in [-0.3, -0.25) is 9.59 Å². The van der Waals surface area contributed by atoms with Crippen molar-refractivity contribution in [3.05, 3.63) is 23.9 Å². The molecular formula is C15H20Cl2F3N3O3. The summed E-state index contributed by atoms with van der Waals surface area (Å²) in [6.07, 6.45) is -3.21. The van der Waals surface area contributed by atoms with Gasteiger partial charge in [-0.1, -0.05) is 0 Å². The van der Waals surface area contributed by atoms with Gasteiger partial charge in [-0.05, 0) is 26.0 Å². The minimum Gasteiger partial charge on any atom is -0.481 e. The summed E-state index contributed by atoms with van der Waals surface area (Å²) in [7, 11) is 0. The van der Waals surface area contributed by atoms with E-state index in [9.17, 15) is 22.8 Å². The molecule has 0 bridgehead atoms. The number of aromatic nitrogens is 1. The van der Waals surface area contributed by atoms with Gasteiger partial charge in [0.2, 0.25) is 0 Å². The smallest absolute Gasteiger partial charge is 0.394 e. The fourth-order valence-corrected chi connectivity index (χ4v) is 2.69. The molecule has 1 aliphatic heterocycles. The van der Waals surface area contributed by atoms with Crippen LogP contribution in [0, 0.1) is 11.8 Å². The van der Waals surface area contributed by atoms with E-state index >= 15 is 0 Å². The summed E-state index contributed by atoms with van der Waals surface area (Å²) < 4.78 is 39.1. The summed E-state index contributed by atoms with van der Waals surface area (Å²) in [6.45, 7) is 2.52. The zero-order chi connectivity index (χ0) is 18.1. The Morgan fingerprint density at radius 1 is 1.31 bits per heavy atom. The third kappa shape index (κ3) is 5.38. The molecule has 0 saturated carbocycles. The van der Waals surface area contributed by atoms with Crippen molar-refractivity contribution >= 4 is 42.5 Å². The highest BCUT2D eigenvalue weighted by Crippen LogP contribution is 2.38. The van der Waals surface area contributed by atoms with Crippen LogP contribution in [0.2, 0.25) is 0 Å². The second-order valence-corrected chi connectivity index (χ2v) is 6.00. The normalized spacial score (nSPS) is 19.5. The summed E-state index contributed by atoms with van der Waals surface area (Å²) in [5.41, 5.74) is 0.123. The van der Waals surface area contributed by atoms with E-state index in [1.807, 2.05) is 13.8 Å². The Kier molecular flexibility index (Phi) is 8.65. The molecule has 1 aliphatic rings. The number of carboxylic acid groups (broad SMARTS) is 1. The molecule has 0 radical (unpaired) electrons. The second kappa shape index (κ2) is 9.27. The van der Waals surface area contributed by atoms with Crippen LogP contribution in [-0.4, -0.2) is 52.2 Å². The lowest BCUT2D eigenvalue weighted by molar-refractivity contribution is -0.187. The molecule has 148 valence electrons. The number of hydrogen-bond acceptors (Lipinski definition) is 4. The van der Waals surface area contributed by atoms with Gasteiger partial charge in [0.05, 0.1) is 17.4 Å². The maximum atomic E-state index is 13.0. The van der Waals surface area contributed by atoms with Gasteiger partial charge in [-0.15, -0.1) is 24.8 Å². The molecule has 2 heterocycles. The molecule has 0 aliphatic carbocycles. The maximum absolute atomic E-state index is 13.0. The number of carbonyl (C=O) groups is 2. The van der Waals surface area contributed by atoms with Gasteiger partial charge in [0.25, 0.3) is 5.91 Å². The zero-order valence-electron chi connectivity index (χ0n) is 14.0. The highest BCUT2D eigenvalue weighted by Gasteiger charge is 2.53. The summed E-state index contributed by atoms with van der Waals surface area (Å²) >= 11 is 0. The molecule has 1 aromatic heterocycles. The number of carboxylic acids is 1. The predicted octanol–water partition coefficient (Wildman–Crippen LogP) is 3.08. The van der Waals surface area contributed by atoms with Crippen molar-refractivity contribution in [1.29, 1.82) is 0 Å². The largest absolute Gasteiger partial charge is 0.481 e. The predicted molar refractivity (Wildman–Crippen MR) is 94.1 cm³/mol. The maximum Gasteiger partial charge on any atom is 0.394 e. The Balaban J connectivity index is 0.00000312. The van der Waals surface area contributed by atoms with E-state index in [0.29, 0.717) is 0 Å². The van der Waals surface area contributed by atoms with Gasteiger partial charge >= 0.3 is 12.1 Å². The first-order valence-electron chi connectivity index (χ1n) is 7.41. The van der Waals surface area contributed by atoms with Gasteiger partial charge in [0.15, 0.2) is 0 Å². The van der Waals surface area contributed by atoms with Crippen molar-refractivity contribution in [2.24, 2.45) is 11.8 Å². The van der Waals surface area contributed by atoms with Crippen molar-refractivity contribution in [3.63, 3.8) is 0 Å². The van der Waals surface area contributed by atoms with Crippen LogP contribution in [0.1, 0.15) is 24.2 Å². The first kappa shape index (κ1) is 24.3. The van der Waals surface area contributed by atoms with E-state index in [2.05, 4.69) is 10.3 Å². The first-order valence-corrected chi connectivity index (χ1v) is 7.41. The number of pyridine rings is 1. The number of nitrogens with zero attached hydrogens (tertiary/aromatic N) is 2. The van der Waals surface area contributed by atoms with Crippen LogP contribution in [0.5, 0.6) is 0 Å². The third-order valence-electron chi connectivity index (χ3n) is 3.81. The Hall–Kier alpha value is -1.74. The molecule has 26 heavy (non-hydrogen) atoms. The molecule has 1 saturated heterocycles. The van der Waals surface area contributed by atoms with Crippen molar-refractivity contribution < 1.29 is 27.9 Å². The topological polar surface area (TPSA) is 82.5 Å². The van der Waals surface area contributed by atoms with E-state index in [0.717, 1.165) is 4.90 Å². The van der Waals surface area contributed by atoms with Crippen molar-refractivity contribution in [3.8, 4) is 0 Å². The molecule has 0 spiro atoms. The van der Waals surface area contributed by atoms with Gasteiger partial charge in [-0.25, -0.2) is 4.98 Å². The number of rotatable bonds is 4. The molecule has 6 nitrogen and oxygen atoms in total. The first-order chi connectivity index (χ1) is 11.1. The summed E-state index contributed by atoms with van der Waals surface area (Å²) in [4.78, 5) is 28.7. The lowest BCUT2D eigenvalue weighted by Crippen LogP contribution is -2.34. The molecule has 1 aromatic rings. The summed E-state index contributed by atoms with van der Waals surface area (Å²) in [6, 6.07) is 2.93. The number of anilines is 1. The van der Waals surface area contributed by atoms with E-state index in [4.69, 9.17) is 5.11 Å². The van der Waals surface area contributed by atoms with Crippen LogP contribution in [0.15, 0.2) is 18.3 Å². The monoisotopic (exact) mass is 417 g/mol. The summed E-state index contributed by atoms with van der Waals surface area (Å²) in [5, 5.41) is 12.0. The Bertz CT molecular complexity index is 644. The fraction of sp³-hybridized carbons (Fsp3) is 0.533. The Labute approximate surface area is 161 Å². The molecule has 0 aromatic carbocycles. The third-order valence-corrected chi connectivity index (χ3v) is 3.81. The van der Waals surface area contributed by atoms with E-state index in [-0.39, 0.29) is 42.2 Å². The number of nitrogens with one attached hydrogen (secondary N) is 1. The number of alkyl halides is 3. The van der Waals surface area contributed by atoms with Gasteiger partial charge in [-0.2, -0.15) is 13.2 Å². The summed E-state index contributed by atoms with van der Waals surface area (Å²) in [5.74, 6) is -5.69. The van der Waals surface area contributed by atoms with E-state index in [1.54, 1.807) is 0 Å². The van der Waals surface area contributed by atoms with Crippen molar-refractivity contribution in [1.82, 2.24) is 9.88 Å². The minimum absolute atomic E-state index is 0. The van der Waals surface area contributed by atoms with Crippen LogP contribution in [0.4, 0.5) is 19.0 Å². The average molecular weight is 418 g/mol. The van der Waals surface area contributed by atoms with Gasteiger partial charge in [0, 0.05) is 25.3 Å². The number of hydrogen-bond donors (Lipinski definition) is 2. The minimum atomic E-state index is -4.67. The Morgan fingerprint density at radius 2 is 1.92 bits per heavy atom. The highest BCUT2D eigenvalue weighted by molar-refractivity contribution is 5.99.